The van der Waals surface area contributed by atoms with Crippen molar-refractivity contribution in [2.24, 2.45) is 11.8 Å². The predicted molar refractivity (Wildman–Crippen MR) is 51.4 cm³/mol. The van der Waals surface area contributed by atoms with E-state index in [1.54, 1.807) is 0 Å². The molecule has 1 rings (SSSR count). The molecule has 1 saturated heterocycles. The van der Waals surface area contributed by atoms with Gasteiger partial charge in [-0.2, -0.15) is 0 Å². The number of carbonyl (C=O) groups is 1. The summed E-state index contributed by atoms with van der Waals surface area (Å²) in [5, 5.41) is 2.94. The van der Waals surface area contributed by atoms with E-state index in [9.17, 15) is 4.79 Å². The van der Waals surface area contributed by atoms with E-state index in [0.717, 1.165) is 0 Å². The molecule has 0 aliphatic carbocycles. The average Bonchev–Trinajstić information content (AvgIpc) is 1.96. The van der Waals surface area contributed by atoms with Crippen LogP contribution in [-0.4, -0.2) is 25.2 Å². The molecular formula is C10H19NO2. The van der Waals surface area contributed by atoms with Crippen molar-refractivity contribution < 1.29 is 9.53 Å². The van der Waals surface area contributed by atoms with Crippen LogP contribution in [0, 0.1) is 11.8 Å². The Morgan fingerprint density at radius 2 is 2.08 bits per heavy atom. The Labute approximate surface area is 79.8 Å². The van der Waals surface area contributed by atoms with E-state index in [0.29, 0.717) is 31.5 Å². The lowest BCUT2D eigenvalue weighted by Crippen LogP contribution is -2.48. The minimum Gasteiger partial charge on any atom is -0.377 e. The normalized spacial score (nSPS) is 19.7. The monoisotopic (exact) mass is 185 g/mol. The molecule has 1 unspecified atom stereocenters. The van der Waals surface area contributed by atoms with Gasteiger partial charge < -0.3 is 10.1 Å². The van der Waals surface area contributed by atoms with Gasteiger partial charge in [-0.25, -0.2) is 0 Å². The lowest BCUT2D eigenvalue weighted by atomic mass is 9.94. The lowest BCUT2D eigenvalue weighted by molar-refractivity contribution is -0.126. The Kier molecular flexibility index (Phi) is 3.72. The number of carbonyl (C=O) groups excluding carboxylic acids is 1. The molecule has 1 N–H and O–H groups in total. The third-order valence-corrected chi connectivity index (χ3v) is 2.65. The summed E-state index contributed by atoms with van der Waals surface area (Å²) < 4.78 is 4.97. The van der Waals surface area contributed by atoms with Gasteiger partial charge in [0.2, 0.25) is 5.91 Å². The molecule has 0 aromatic carbocycles. The van der Waals surface area contributed by atoms with Crippen molar-refractivity contribution in [3.63, 3.8) is 0 Å². The van der Waals surface area contributed by atoms with Gasteiger partial charge in [0.15, 0.2) is 0 Å². The number of amides is 1. The molecule has 0 aromatic heterocycles. The van der Waals surface area contributed by atoms with Crippen molar-refractivity contribution in [2.75, 3.05) is 13.2 Å². The molecule has 0 spiro atoms. The third-order valence-electron chi connectivity index (χ3n) is 2.65. The molecule has 1 aliphatic rings. The van der Waals surface area contributed by atoms with E-state index in [1.807, 2.05) is 0 Å². The Balaban J connectivity index is 2.16. The highest BCUT2D eigenvalue weighted by atomic mass is 16.5. The Bertz CT molecular complexity index is 176. The molecule has 0 radical (unpaired) electrons. The molecule has 1 fully saturated rings. The van der Waals surface area contributed by atoms with Crippen LogP contribution in [0.15, 0.2) is 0 Å². The summed E-state index contributed by atoms with van der Waals surface area (Å²) in [4.78, 5) is 11.4. The van der Waals surface area contributed by atoms with Crippen molar-refractivity contribution >= 4 is 5.91 Å². The number of hydrogen-bond acceptors (Lipinski definition) is 2. The van der Waals surface area contributed by atoms with Crippen LogP contribution in [-0.2, 0) is 9.53 Å². The van der Waals surface area contributed by atoms with E-state index in [1.165, 1.54) is 0 Å². The summed E-state index contributed by atoms with van der Waals surface area (Å²) in [5.41, 5.74) is 0. The molecular weight excluding hydrogens is 166 g/mol. The minimum atomic E-state index is 0.162. The lowest BCUT2D eigenvalue weighted by Gasteiger charge is -2.27. The van der Waals surface area contributed by atoms with Crippen molar-refractivity contribution in [3.8, 4) is 0 Å². The van der Waals surface area contributed by atoms with Crippen molar-refractivity contribution in [3.05, 3.63) is 0 Å². The predicted octanol–water partition coefficient (Wildman–Crippen LogP) is 1.18. The van der Waals surface area contributed by atoms with Gasteiger partial charge in [-0.05, 0) is 11.8 Å². The van der Waals surface area contributed by atoms with Crippen LogP contribution in [0.5, 0.6) is 0 Å². The Morgan fingerprint density at radius 1 is 1.46 bits per heavy atom. The van der Waals surface area contributed by atoms with Crippen molar-refractivity contribution in [2.45, 2.75) is 33.2 Å². The summed E-state index contributed by atoms with van der Waals surface area (Å²) in [5.74, 6) is 1.19. The second-order valence-corrected chi connectivity index (χ2v) is 4.23. The Morgan fingerprint density at radius 3 is 2.46 bits per heavy atom. The summed E-state index contributed by atoms with van der Waals surface area (Å²) in [7, 11) is 0. The second kappa shape index (κ2) is 4.61. The fraction of sp³-hybridized carbons (Fsp3) is 0.900. The standard InChI is InChI=1S/C10H19NO2/c1-7(2)8(3)4-10(12)11-9-5-13-6-9/h7-9H,4-6H2,1-3H3,(H,11,12). The largest absolute Gasteiger partial charge is 0.377 e. The van der Waals surface area contributed by atoms with Crippen molar-refractivity contribution in [1.29, 1.82) is 0 Å². The molecule has 13 heavy (non-hydrogen) atoms. The summed E-state index contributed by atoms with van der Waals surface area (Å²) >= 11 is 0. The molecule has 0 bridgehead atoms. The van der Waals surface area contributed by atoms with Gasteiger partial charge in [-0.1, -0.05) is 20.8 Å². The maximum absolute atomic E-state index is 11.4. The molecule has 1 heterocycles. The molecule has 76 valence electrons. The number of ether oxygens (including phenoxy) is 1. The van der Waals surface area contributed by atoms with Gasteiger partial charge in [0, 0.05) is 6.42 Å². The average molecular weight is 185 g/mol. The van der Waals surface area contributed by atoms with Gasteiger partial charge in [0.05, 0.1) is 19.3 Å². The van der Waals surface area contributed by atoms with Crippen LogP contribution in [0.1, 0.15) is 27.2 Å². The minimum absolute atomic E-state index is 0.162. The van der Waals surface area contributed by atoms with Crippen molar-refractivity contribution in [1.82, 2.24) is 5.32 Å². The summed E-state index contributed by atoms with van der Waals surface area (Å²) in [6.07, 6.45) is 0.633. The first-order valence-electron chi connectivity index (χ1n) is 4.96. The zero-order valence-electron chi connectivity index (χ0n) is 8.67. The summed E-state index contributed by atoms with van der Waals surface area (Å²) in [6, 6.07) is 0.270. The van der Waals surface area contributed by atoms with E-state index in [4.69, 9.17) is 4.74 Å². The van der Waals surface area contributed by atoms with Crippen LogP contribution in [0.2, 0.25) is 0 Å². The number of hydrogen-bond donors (Lipinski definition) is 1. The van der Waals surface area contributed by atoms with Crippen LogP contribution < -0.4 is 5.32 Å². The van der Waals surface area contributed by atoms with Gasteiger partial charge >= 0.3 is 0 Å². The molecule has 0 saturated carbocycles. The zero-order valence-corrected chi connectivity index (χ0v) is 8.67. The smallest absolute Gasteiger partial charge is 0.220 e. The highest BCUT2D eigenvalue weighted by Crippen LogP contribution is 2.13. The van der Waals surface area contributed by atoms with Crippen LogP contribution in [0.3, 0.4) is 0 Å². The van der Waals surface area contributed by atoms with Gasteiger partial charge in [0.1, 0.15) is 0 Å². The highest BCUT2D eigenvalue weighted by Gasteiger charge is 2.21. The van der Waals surface area contributed by atoms with E-state index in [-0.39, 0.29) is 11.9 Å². The molecule has 1 atom stereocenters. The first-order valence-corrected chi connectivity index (χ1v) is 4.96. The van der Waals surface area contributed by atoms with Crippen LogP contribution in [0.4, 0.5) is 0 Å². The van der Waals surface area contributed by atoms with Gasteiger partial charge in [-0.15, -0.1) is 0 Å². The van der Waals surface area contributed by atoms with E-state index >= 15 is 0 Å². The number of rotatable bonds is 4. The first-order chi connectivity index (χ1) is 6.09. The maximum Gasteiger partial charge on any atom is 0.220 e. The highest BCUT2D eigenvalue weighted by molar-refractivity contribution is 5.76. The Hall–Kier alpha value is -0.570. The van der Waals surface area contributed by atoms with Gasteiger partial charge in [0.25, 0.3) is 0 Å². The fourth-order valence-corrected chi connectivity index (χ4v) is 1.13. The summed E-state index contributed by atoms with van der Waals surface area (Å²) in [6.45, 7) is 7.76. The van der Waals surface area contributed by atoms with Crippen LogP contribution >= 0.6 is 0 Å². The first kappa shape index (κ1) is 10.5. The second-order valence-electron chi connectivity index (χ2n) is 4.23. The van der Waals surface area contributed by atoms with Gasteiger partial charge in [-0.3, -0.25) is 4.79 Å². The SMILES string of the molecule is CC(C)C(C)CC(=O)NC1COC1. The fourth-order valence-electron chi connectivity index (χ4n) is 1.13. The topological polar surface area (TPSA) is 38.3 Å². The zero-order chi connectivity index (χ0) is 9.84. The molecule has 0 aromatic rings. The number of nitrogens with one attached hydrogen (secondary N) is 1. The third kappa shape index (κ3) is 3.35. The maximum atomic E-state index is 11.4. The molecule has 3 nitrogen and oxygen atoms in total. The molecule has 3 heteroatoms. The van der Waals surface area contributed by atoms with Crippen LogP contribution in [0.25, 0.3) is 0 Å². The quantitative estimate of drug-likeness (QED) is 0.714. The van der Waals surface area contributed by atoms with E-state index in [2.05, 4.69) is 26.1 Å². The molecule has 1 amide bonds. The van der Waals surface area contributed by atoms with E-state index < -0.39 is 0 Å². The molecule has 1 aliphatic heterocycles.